The van der Waals surface area contributed by atoms with E-state index in [9.17, 15) is 4.39 Å². The van der Waals surface area contributed by atoms with Crippen LogP contribution in [-0.4, -0.2) is 10.1 Å². The first-order chi connectivity index (χ1) is 8.70. The predicted octanol–water partition coefficient (Wildman–Crippen LogP) is 3.03. The van der Waals surface area contributed by atoms with E-state index in [2.05, 4.69) is 16.2 Å². The van der Waals surface area contributed by atoms with E-state index in [0.29, 0.717) is 36.5 Å². The number of hydrogen-bond acceptors (Lipinski definition) is 4. The van der Waals surface area contributed by atoms with E-state index in [1.807, 2.05) is 6.92 Å². The van der Waals surface area contributed by atoms with Gasteiger partial charge in [-0.15, -0.1) is 0 Å². The molecule has 4 nitrogen and oxygen atoms in total. The van der Waals surface area contributed by atoms with Crippen LogP contribution in [-0.2, 0) is 6.42 Å². The quantitative estimate of drug-likeness (QED) is 0.777. The lowest BCUT2D eigenvalue weighted by atomic mass is 10.1. The third-order valence-corrected chi connectivity index (χ3v) is 2.59. The normalized spacial score (nSPS) is 10.3. The van der Waals surface area contributed by atoms with Crippen LogP contribution in [0.4, 0.5) is 4.39 Å². The second kappa shape index (κ2) is 5.41. The van der Waals surface area contributed by atoms with Gasteiger partial charge in [0.15, 0.2) is 0 Å². The molecule has 0 aliphatic rings. The molecule has 0 atom stereocenters. The first-order valence-corrected chi connectivity index (χ1v) is 5.67. The monoisotopic (exact) mass is 245 g/mol. The first-order valence-electron chi connectivity index (χ1n) is 5.67. The number of aryl methyl sites for hydroxylation is 2. The zero-order valence-electron chi connectivity index (χ0n) is 9.98. The summed E-state index contributed by atoms with van der Waals surface area (Å²) in [5.74, 6) is 0.536. The summed E-state index contributed by atoms with van der Waals surface area (Å²) in [4.78, 5) is 4.20. The summed E-state index contributed by atoms with van der Waals surface area (Å²) < 4.78 is 18.2. The van der Waals surface area contributed by atoms with Crippen molar-refractivity contribution in [3.63, 3.8) is 0 Å². The van der Waals surface area contributed by atoms with Gasteiger partial charge in [0.1, 0.15) is 5.82 Å². The van der Waals surface area contributed by atoms with Crippen molar-refractivity contribution in [2.24, 2.45) is 0 Å². The van der Waals surface area contributed by atoms with E-state index in [0.717, 1.165) is 5.56 Å². The number of hydrogen-bond donors (Lipinski definition) is 0. The molecule has 92 valence electrons. The molecule has 0 spiro atoms. The Morgan fingerprint density at radius 2 is 2.28 bits per heavy atom. The highest BCUT2D eigenvalue weighted by Crippen LogP contribution is 2.21. The molecule has 0 fully saturated rings. The fraction of sp³-hybridized carbons (Fsp3) is 0.308. The predicted molar refractivity (Wildman–Crippen MR) is 63.0 cm³/mol. The van der Waals surface area contributed by atoms with E-state index >= 15 is 0 Å². The van der Waals surface area contributed by atoms with E-state index < -0.39 is 0 Å². The maximum absolute atomic E-state index is 13.2. The highest BCUT2D eigenvalue weighted by atomic mass is 19.1. The Morgan fingerprint density at radius 1 is 1.44 bits per heavy atom. The minimum Gasteiger partial charge on any atom is -0.339 e. The Kier molecular flexibility index (Phi) is 3.68. The third-order valence-electron chi connectivity index (χ3n) is 2.59. The number of unbranched alkanes of at least 4 members (excludes halogenated alkanes) is 1. The van der Waals surface area contributed by atoms with E-state index in [4.69, 9.17) is 9.78 Å². The van der Waals surface area contributed by atoms with Gasteiger partial charge in [0.05, 0.1) is 6.07 Å². The van der Waals surface area contributed by atoms with Crippen LogP contribution >= 0.6 is 0 Å². The van der Waals surface area contributed by atoms with Crippen molar-refractivity contribution < 1.29 is 8.91 Å². The van der Waals surface area contributed by atoms with Crippen molar-refractivity contribution in [2.45, 2.75) is 26.2 Å². The fourth-order valence-corrected chi connectivity index (χ4v) is 1.62. The molecule has 0 radical (unpaired) electrons. The third kappa shape index (κ3) is 2.72. The molecule has 0 aliphatic carbocycles. The van der Waals surface area contributed by atoms with Crippen molar-refractivity contribution in [1.29, 1.82) is 5.26 Å². The van der Waals surface area contributed by atoms with Gasteiger partial charge in [-0.05, 0) is 31.0 Å². The van der Waals surface area contributed by atoms with Crippen LogP contribution in [0.1, 0.15) is 24.3 Å². The Hall–Kier alpha value is -2.22. The standard InChI is InChI=1S/C13H12FN3O/c1-9-5-6-10(14)8-11(9)13-16-12(18-17-13)4-2-3-7-15/h5-6,8H,2-4H2,1H3. The Bertz CT molecular complexity index is 586. The summed E-state index contributed by atoms with van der Waals surface area (Å²) in [7, 11) is 0. The van der Waals surface area contributed by atoms with E-state index in [1.54, 1.807) is 6.07 Å². The molecule has 2 rings (SSSR count). The number of aromatic nitrogens is 2. The van der Waals surface area contributed by atoms with Gasteiger partial charge in [0, 0.05) is 18.4 Å². The van der Waals surface area contributed by atoms with E-state index in [1.165, 1.54) is 12.1 Å². The number of nitrogens with zero attached hydrogens (tertiary/aromatic N) is 3. The average molecular weight is 245 g/mol. The topological polar surface area (TPSA) is 62.7 Å². The van der Waals surface area contributed by atoms with Crippen molar-refractivity contribution in [2.75, 3.05) is 0 Å². The zero-order chi connectivity index (χ0) is 13.0. The van der Waals surface area contributed by atoms with Crippen LogP contribution in [0.25, 0.3) is 11.4 Å². The average Bonchev–Trinajstić information content (AvgIpc) is 2.81. The number of rotatable bonds is 4. The lowest BCUT2D eigenvalue weighted by Gasteiger charge is -1.99. The van der Waals surface area contributed by atoms with Crippen LogP contribution in [0.5, 0.6) is 0 Å². The molecule has 2 aromatic rings. The van der Waals surface area contributed by atoms with E-state index in [-0.39, 0.29) is 5.82 Å². The van der Waals surface area contributed by atoms with Gasteiger partial charge in [0.2, 0.25) is 11.7 Å². The van der Waals surface area contributed by atoms with Gasteiger partial charge in [-0.1, -0.05) is 11.2 Å². The number of benzene rings is 1. The molecule has 1 aromatic heterocycles. The lowest BCUT2D eigenvalue weighted by Crippen LogP contribution is -1.89. The second-order valence-electron chi connectivity index (χ2n) is 3.98. The summed E-state index contributed by atoms with van der Waals surface area (Å²) in [6, 6.07) is 6.51. The number of halogens is 1. The minimum atomic E-state index is -0.327. The van der Waals surface area contributed by atoms with Gasteiger partial charge in [0.25, 0.3) is 0 Å². The summed E-state index contributed by atoms with van der Waals surface area (Å²) in [6.07, 6.45) is 1.70. The van der Waals surface area contributed by atoms with Gasteiger partial charge in [-0.2, -0.15) is 10.2 Å². The van der Waals surface area contributed by atoms with Crippen molar-refractivity contribution in [3.8, 4) is 17.5 Å². The summed E-state index contributed by atoms with van der Waals surface area (Å²) in [6.45, 7) is 1.86. The highest BCUT2D eigenvalue weighted by molar-refractivity contribution is 5.59. The van der Waals surface area contributed by atoms with Crippen LogP contribution in [0.2, 0.25) is 0 Å². The molecule has 0 saturated carbocycles. The molecule has 0 unspecified atom stereocenters. The fourth-order valence-electron chi connectivity index (χ4n) is 1.62. The molecule has 18 heavy (non-hydrogen) atoms. The summed E-state index contributed by atoms with van der Waals surface area (Å²) in [5, 5.41) is 12.3. The van der Waals surface area contributed by atoms with Gasteiger partial charge < -0.3 is 4.52 Å². The molecule has 0 saturated heterocycles. The first kappa shape index (κ1) is 12.2. The van der Waals surface area contributed by atoms with Gasteiger partial charge >= 0.3 is 0 Å². The minimum absolute atomic E-state index is 0.327. The zero-order valence-corrected chi connectivity index (χ0v) is 9.98. The molecule has 1 aromatic carbocycles. The van der Waals surface area contributed by atoms with Crippen LogP contribution in [0, 0.1) is 24.1 Å². The molecule has 0 amide bonds. The Labute approximate surface area is 104 Å². The van der Waals surface area contributed by atoms with Crippen molar-refractivity contribution in [3.05, 3.63) is 35.5 Å². The number of nitriles is 1. The van der Waals surface area contributed by atoms with Gasteiger partial charge in [-0.3, -0.25) is 0 Å². The summed E-state index contributed by atoms with van der Waals surface area (Å²) in [5.41, 5.74) is 1.52. The molecule has 0 aliphatic heterocycles. The van der Waals surface area contributed by atoms with Crippen LogP contribution in [0.3, 0.4) is 0 Å². The van der Waals surface area contributed by atoms with Crippen molar-refractivity contribution in [1.82, 2.24) is 10.1 Å². The second-order valence-corrected chi connectivity index (χ2v) is 3.98. The van der Waals surface area contributed by atoms with Crippen molar-refractivity contribution >= 4 is 0 Å². The molecule has 5 heteroatoms. The Morgan fingerprint density at radius 3 is 3.06 bits per heavy atom. The van der Waals surface area contributed by atoms with Crippen LogP contribution in [0.15, 0.2) is 22.7 Å². The Balaban J connectivity index is 2.19. The maximum Gasteiger partial charge on any atom is 0.226 e. The molecule has 1 heterocycles. The van der Waals surface area contributed by atoms with Gasteiger partial charge in [-0.25, -0.2) is 4.39 Å². The molecular weight excluding hydrogens is 233 g/mol. The van der Waals surface area contributed by atoms with Crippen LogP contribution < -0.4 is 0 Å². The highest BCUT2D eigenvalue weighted by Gasteiger charge is 2.11. The summed E-state index contributed by atoms with van der Waals surface area (Å²) >= 11 is 0. The molecule has 0 N–H and O–H groups in total. The largest absolute Gasteiger partial charge is 0.339 e. The smallest absolute Gasteiger partial charge is 0.226 e. The SMILES string of the molecule is Cc1ccc(F)cc1-c1noc(CCCC#N)n1. The molecule has 0 bridgehead atoms. The molecular formula is C13H12FN3O. The maximum atomic E-state index is 13.2. The lowest BCUT2D eigenvalue weighted by molar-refractivity contribution is 0.376.